The topological polar surface area (TPSA) is 9.23 Å². The molecule has 0 bridgehead atoms. The molecule has 2 aliphatic rings. The molecule has 0 heterocycles. The first-order valence-corrected chi connectivity index (χ1v) is 11.1. The van der Waals surface area contributed by atoms with Crippen molar-refractivity contribution in [3.63, 3.8) is 0 Å². The summed E-state index contributed by atoms with van der Waals surface area (Å²) in [4.78, 5) is 0. The first-order chi connectivity index (χ1) is 11.8. The molecule has 1 heteroatoms. The Balaban J connectivity index is 1.51. The van der Waals surface area contributed by atoms with E-state index in [0.717, 1.165) is 24.4 Å². The predicted octanol–water partition coefficient (Wildman–Crippen LogP) is 7.30. The second kappa shape index (κ2) is 12.1. The quantitative estimate of drug-likeness (QED) is 0.301. The lowest BCUT2D eigenvalue weighted by Gasteiger charge is -2.31. The fourth-order valence-corrected chi connectivity index (χ4v) is 4.66. The summed E-state index contributed by atoms with van der Waals surface area (Å²) in [6.45, 7) is 5.51. The number of rotatable bonds is 10. The molecule has 2 rings (SSSR count). The van der Waals surface area contributed by atoms with E-state index in [0.29, 0.717) is 6.10 Å². The molecule has 0 aromatic heterocycles. The van der Waals surface area contributed by atoms with Gasteiger partial charge in [-0.25, -0.2) is 0 Å². The standard InChI is InChI=1S/C23H42O/c1-3-5-7-19-24-23-17-15-22(16-18-23)14-13-21-11-9-20(10-12-21)8-6-4-2/h6,8,20-23H,3-5,7,9-19H2,1-2H3/b8-6+/t20-,21-,22-,23-. The van der Waals surface area contributed by atoms with E-state index < -0.39 is 0 Å². The van der Waals surface area contributed by atoms with E-state index in [4.69, 9.17) is 4.74 Å². The van der Waals surface area contributed by atoms with Crippen molar-refractivity contribution in [2.75, 3.05) is 6.61 Å². The zero-order chi connectivity index (χ0) is 17.0. The molecule has 0 spiro atoms. The van der Waals surface area contributed by atoms with Crippen molar-refractivity contribution >= 4 is 0 Å². The van der Waals surface area contributed by atoms with Gasteiger partial charge >= 0.3 is 0 Å². The van der Waals surface area contributed by atoms with E-state index >= 15 is 0 Å². The van der Waals surface area contributed by atoms with Gasteiger partial charge in [0.15, 0.2) is 0 Å². The van der Waals surface area contributed by atoms with Crippen LogP contribution in [0.3, 0.4) is 0 Å². The second-order valence-corrected chi connectivity index (χ2v) is 8.42. The van der Waals surface area contributed by atoms with Crippen molar-refractivity contribution in [3.8, 4) is 0 Å². The van der Waals surface area contributed by atoms with Crippen LogP contribution in [0, 0.1) is 17.8 Å². The molecule has 0 saturated heterocycles. The number of ether oxygens (including phenoxy) is 1. The highest BCUT2D eigenvalue weighted by atomic mass is 16.5. The van der Waals surface area contributed by atoms with Gasteiger partial charge in [0.05, 0.1) is 6.10 Å². The number of unbranched alkanes of at least 4 members (excludes halogenated alkanes) is 2. The highest BCUT2D eigenvalue weighted by Gasteiger charge is 2.24. The van der Waals surface area contributed by atoms with Crippen LogP contribution >= 0.6 is 0 Å². The zero-order valence-corrected chi connectivity index (χ0v) is 16.5. The molecular weight excluding hydrogens is 292 g/mol. The molecule has 0 aliphatic heterocycles. The van der Waals surface area contributed by atoms with Crippen LogP contribution in [0.25, 0.3) is 0 Å². The minimum atomic E-state index is 0.582. The van der Waals surface area contributed by atoms with Crippen molar-refractivity contribution in [2.24, 2.45) is 17.8 Å². The third-order valence-corrected chi connectivity index (χ3v) is 6.41. The van der Waals surface area contributed by atoms with Gasteiger partial charge in [-0.2, -0.15) is 0 Å². The van der Waals surface area contributed by atoms with Gasteiger partial charge in [-0.3, -0.25) is 0 Å². The number of hydrogen-bond acceptors (Lipinski definition) is 1. The molecule has 2 fully saturated rings. The lowest BCUT2D eigenvalue weighted by molar-refractivity contribution is 0.0146. The Bertz CT molecular complexity index is 319. The largest absolute Gasteiger partial charge is 0.378 e. The van der Waals surface area contributed by atoms with E-state index in [9.17, 15) is 0 Å². The van der Waals surface area contributed by atoms with Crippen LogP contribution in [0.15, 0.2) is 12.2 Å². The first kappa shape index (κ1) is 20.0. The van der Waals surface area contributed by atoms with E-state index in [1.54, 1.807) is 0 Å². The van der Waals surface area contributed by atoms with Crippen LogP contribution in [0.1, 0.15) is 104 Å². The average molecular weight is 335 g/mol. The third kappa shape index (κ3) is 7.72. The molecule has 24 heavy (non-hydrogen) atoms. The highest BCUT2D eigenvalue weighted by Crippen LogP contribution is 2.36. The van der Waals surface area contributed by atoms with Crippen molar-refractivity contribution in [1.82, 2.24) is 0 Å². The molecule has 0 aromatic rings. The molecule has 2 saturated carbocycles. The normalized spacial score (nSPS) is 31.6. The molecule has 0 atom stereocenters. The van der Waals surface area contributed by atoms with E-state index in [1.165, 1.54) is 89.9 Å². The van der Waals surface area contributed by atoms with Crippen molar-refractivity contribution in [1.29, 1.82) is 0 Å². The Morgan fingerprint density at radius 2 is 1.42 bits per heavy atom. The maximum Gasteiger partial charge on any atom is 0.0575 e. The van der Waals surface area contributed by atoms with Crippen LogP contribution in [0.2, 0.25) is 0 Å². The second-order valence-electron chi connectivity index (χ2n) is 8.42. The molecule has 0 radical (unpaired) electrons. The molecule has 1 nitrogen and oxygen atoms in total. The van der Waals surface area contributed by atoms with Gasteiger partial charge in [-0.1, -0.05) is 51.7 Å². The van der Waals surface area contributed by atoms with Crippen molar-refractivity contribution in [2.45, 2.75) is 110 Å². The molecule has 0 aromatic carbocycles. The highest BCUT2D eigenvalue weighted by molar-refractivity contribution is 4.90. The van der Waals surface area contributed by atoms with E-state index in [-0.39, 0.29) is 0 Å². The van der Waals surface area contributed by atoms with E-state index in [2.05, 4.69) is 26.0 Å². The average Bonchev–Trinajstić information content (AvgIpc) is 2.64. The minimum Gasteiger partial charge on any atom is -0.378 e. The molecule has 0 unspecified atom stereocenters. The maximum absolute atomic E-state index is 6.07. The Labute approximate surface area is 151 Å². The van der Waals surface area contributed by atoms with Crippen LogP contribution in [0.5, 0.6) is 0 Å². The van der Waals surface area contributed by atoms with E-state index in [1.807, 2.05) is 0 Å². The first-order valence-electron chi connectivity index (χ1n) is 11.1. The minimum absolute atomic E-state index is 0.582. The summed E-state index contributed by atoms with van der Waals surface area (Å²) >= 11 is 0. The van der Waals surface area contributed by atoms with Crippen LogP contribution in [-0.2, 0) is 4.74 Å². The Kier molecular flexibility index (Phi) is 10.1. The lowest BCUT2D eigenvalue weighted by atomic mass is 9.77. The summed E-state index contributed by atoms with van der Waals surface area (Å²) in [6, 6.07) is 0. The zero-order valence-electron chi connectivity index (χ0n) is 16.5. The summed E-state index contributed by atoms with van der Waals surface area (Å²) in [5.41, 5.74) is 0. The molecular formula is C23H42O. The lowest BCUT2D eigenvalue weighted by Crippen LogP contribution is -2.23. The van der Waals surface area contributed by atoms with Gasteiger partial charge in [0.1, 0.15) is 0 Å². The van der Waals surface area contributed by atoms with Gasteiger partial charge < -0.3 is 4.74 Å². The van der Waals surface area contributed by atoms with Gasteiger partial charge in [0.2, 0.25) is 0 Å². The van der Waals surface area contributed by atoms with Crippen LogP contribution < -0.4 is 0 Å². The third-order valence-electron chi connectivity index (χ3n) is 6.41. The molecule has 0 N–H and O–H groups in total. The Morgan fingerprint density at radius 3 is 2.00 bits per heavy atom. The summed E-state index contributed by atoms with van der Waals surface area (Å²) in [7, 11) is 0. The molecule has 0 amide bonds. The SMILES string of the molecule is CC/C=C/[C@H]1CC[C@H](CC[C@H]2CC[C@H](OCCCCC)CC2)CC1. The Morgan fingerprint density at radius 1 is 0.792 bits per heavy atom. The summed E-state index contributed by atoms with van der Waals surface area (Å²) in [5.74, 6) is 2.92. The monoisotopic (exact) mass is 334 g/mol. The van der Waals surface area contributed by atoms with Gasteiger partial charge in [-0.05, 0) is 82.0 Å². The number of allylic oxidation sites excluding steroid dienone is 2. The predicted molar refractivity (Wildman–Crippen MR) is 105 cm³/mol. The van der Waals surface area contributed by atoms with Crippen LogP contribution in [0.4, 0.5) is 0 Å². The smallest absolute Gasteiger partial charge is 0.0575 e. The fourth-order valence-electron chi connectivity index (χ4n) is 4.66. The van der Waals surface area contributed by atoms with Crippen molar-refractivity contribution < 1.29 is 4.74 Å². The molecule has 140 valence electrons. The number of hydrogen-bond donors (Lipinski definition) is 0. The molecule has 2 aliphatic carbocycles. The van der Waals surface area contributed by atoms with Crippen LogP contribution in [-0.4, -0.2) is 12.7 Å². The summed E-state index contributed by atoms with van der Waals surface area (Å²) in [6.07, 6.45) is 24.8. The Hall–Kier alpha value is -0.300. The fraction of sp³-hybridized carbons (Fsp3) is 0.913. The van der Waals surface area contributed by atoms with Gasteiger partial charge in [0, 0.05) is 6.61 Å². The summed E-state index contributed by atoms with van der Waals surface area (Å²) < 4.78 is 6.07. The van der Waals surface area contributed by atoms with Crippen molar-refractivity contribution in [3.05, 3.63) is 12.2 Å². The maximum atomic E-state index is 6.07. The van der Waals surface area contributed by atoms with Gasteiger partial charge in [-0.15, -0.1) is 0 Å². The van der Waals surface area contributed by atoms with Gasteiger partial charge in [0.25, 0.3) is 0 Å². The summed E-state index contributed by atoms with van der Waals surface area (Å²) in [5, 5.41) is 0.